The number of aromatic nitrogens is 1. The van der Waals surface area contributed by atoms with Gasteiger partial charge in [-0.15, -0.1) is 0 Å². The third kappa shape index (κ3) is 3.36. The maximum Gasteiger partial charge on any atom is 0.151 e. The standard InChI is InChI=1S/C16H19BrN4/c17-14-5-2-1-4-13(14)12-20-8-10-21(11-9-20)16-15(18)6-3-7-19-16/h1-7H,8-12,18H2. The predicted octanol–water partition coefficient (Wildman–Crippen LogP) is 2.75. The molecule has 1 aromatic heterocycles. The summed E-state index contributed by atoms with van der Waals surface area (Å²) in [7, 11) is 0. The van der Waals surface area contributed by atoms with E-state index >= 15 is 0 Å². The molecule has 2 heterocycles. The van der Waals surface area contributed by atoms with Gasteiger partial charge in [0.05, 0.1) is 5.69 Å². The Balaban J connectivity index is 1.61. The van der Waals surface area contributed by atoms with Gasteiger partial charge in [0, 0.05) is 43.4 Å². The van der Waals surface area contributed by atoms with Crippen molar-refractivity contribution < 1.29 is 0 Å². The highest BCUT2D eigenvalue weighted by molar-refractivity contribution is 9.10. The molecule has 0 spiro atoms. The van der Waals surface area contributed by atoms with Crippen molar-refractivity contribution in [3.63, 3.8) is 0 Å². The minimum atomic E-state index is 0.761. The minimum Gasteiger partial charge on any atom is -0.396 e. The topological polar surface area (TPSA) is 45.4 Å². The molecule has 5 heteroatoms. The molecule has 0 aliphatic carbocycles. The summed E-state index contributed by atoms with van der Waals surface area (Å²) in [5.74, 6) is 0.915. The van der Waals surface area contributed by atoms with Crippen LogP contribution in [0.4, 0.5) is 11.5 Å². The van der Waals surface area contributed by atoms with E-state index in [9.17, 15) is 0 Å². The maximum atomic E-state index is 6.01. The second-order valence-electron chi connectivity index (χ2n) is 5.27. The van der Waals surface area contributed by atoms with Crippen molar-refractivity contribution in [2.24, 2.45) is 0 Å². The molecule has 1 saturated heterocycles. The van der Waals surface area contributed by atoms with E-state index in [0.717, 1.165) is 44.2 Å². The van der Waals surface area contributed by atoms with Crippen LogP contribution in [0.25, 0.3) is 0 Å². The Morgan fingerprint density at radius 2 is 1.81 bits per heavy atom. The van der Waals surface area contributed by atoms with Crippen LogP contribution >= 0.6 is 15.9 Å². The average Bonchev–Trinajstić information content (AvgIpc) is 2.51. The Bertz CT molecular complexity index is 609. The van der Waals surface area contributed by atoms with E-state index in [4.69, 9.17) is 5.73 Å². The van der Waals surface area contributed by atoms with Gasteiger partial charge in [0.1, 0.15) is 0 Å². The van der Waals surface area contributed by atoms with Gasteiger partial charge < -0.3 is 10.6 Å². The SMILES string of the molecule is Nc1cccnc1N1CCN(Cc2ccccc2Br)CC1. The number of piperazine rings is 1. The van der Waals surface area contributed by atoms with E-state index in [1.807, 2.05) is 12.1 Å². The molecule has 0 radical (unpaired) electrons. The van der Waals surface area contributed by atoms with E-state index in [1.165, 1.54) is 10.0 Å². The van der Waals surface area contributed by atoms with E-state index in [2.05, 4.69) is 55.0 Å². The summed E-state index contributed by atoms with van der Waals surface area (Å²) in [5, 5.41) is 0. The zero-order chi connectivity index (χ0) is 14.7. The number of pyridine rings is 1. The second kappa shape index (κ2) is 6.45. The number of nitrogens with two attached hydrogens (primary N) is 1. The molecule has 0 unspecified atom stereocenters. The number of benzene rings is 1. The average molecular weight is 347 g/mol. The van der Waals surface area contributed by atoms with Crippen molar-refractivity contribution >= 4 is 27.4 Å². The smallest absolute Gasteiger partial charge is 0.151 e. The van der Waals surface area contributed by atoms with Gasteiger partial charge in [-0.3, -0.25) is 4.90 Å². The lowest BCUT2D eigenvalue weighted by molar-refractivity contribution is 0.249. The molecular weight excluding hydrogens is 328 g/mol. The van der Waals surface area contributed by atoms with Crippen LogP contribution in [0.5, 0.6) is 0 Å². The first kappa shape index (κ1) is 14.4. The molecule has 2 aromatic rings. The Kier molecular flexibility index (Phi) is 4.41. The van der Waals surface area contributed by atoms with E-state index < -0.39 is 0 Å². The zero-order valence-electron chi connectivity index (χ0n) is 11.9. The number of nitrogens with zero attached hydrogens (tertiary/aromatic N) is 3. The number of nitrogen functional groups attached to an aromatic ring is 1. The third-order valence-corrected chi connectivity index (χ3v) is 4.61. The first-order chi connectivity index (χ1) is 10.2. The molecule has 1 aliphatic rings. The van der Waals surface area contributed by atoms with Gasteiger partial charge >= 0.3 is 0 Å². The van der Waals surface area contributed by atoms with Gasteiger partial charge in [-0.25, -0.2) is 4.98 Å². The van der Waals surface area contributed by atoms with Crippen molar-refractivity contribution in [2.75, 3.05) is 36.8 Å². The number of anilines is 2. The lowest BCUT2D eigenvalue weighted by Crippen LogP contribution is -2.46. The Labute approximate surface area is 133 Å². The lowest BCUT2D eigenvalue weighted by Gasteiger charge is -2.36. The molecule has 1 aromatic carbocycles. The van der Waals surface area contributed by atoms with Crippen LogP contribution in [0, 0.1) is 0 Å². The summed E-state index contributed by atoms with van der Waals surface area (Å²) < 4.78 is 1.18. The van der Waals surface area contributed by atoms with Crippen molar-refractivity contribution in [3.8, 4) is 0 Å². The summed E-state index contributed by atoms with van der Waals surface area (Å²) in [6.45, 7) is 4.96. The molecular formula is C16H19BrN4. The number of rotatable bonds is 3. The Morgan fingerprint density at radius 3 is 2.52 bits per heavy atom. The molecule has 0 amide bonds. The molecule has 0 bridgehead atoms. The molecule has 0 atom stereocenters. The highest BCUT2D eigenvalue weighted by Gasteiger charge is 2.19. The maximum absolute atomic E-state index is 6.01. The van der Waals surface area contributed by atoms with Gasteiger partial charge in [-0.05, 0) is 23.8 Å². The van der Waals surface area contributed by atoms with E-state index in [0.29, 0.717) is 0 Å². The van der Waals surface area contributed by atoms with Gasteiger partial charge in [0.15, 0.2) is 5.82 Å². The van der Waals surface area contributed by atoms with Crippen LogP contribution in [0.2, 0.25) is 0 Å². The fourth-order valence-electron chi connectivity index (χ4n) is 2.66. The first-order valence-corrected chi connectivity index (χ1v) is 7.94. The first-order valence-electron chi connectivity index (χ1n) is 7.15. The van der Waals surface area contributed by atoms with Crippen LogP contribution in [-0.2, 0) is 6.54 Å². The van der Waals surface area contributed by atoms with Crippen LogP contribution in [-0.4, -0.2) is 36.1 Å². The lowest BCUT2D eigenvalue weighted by atomic mass is 10.2. The van der Waals surface area contributed by atoms with Crippen molar-refractivity contribution in [1.29, 1.82) is 0 Å². The zero-order valence-corrected chi connectivity index (χ0v) is 13.5. The normalized spacial score (nSPS) is 16.1. The number of hydrogen-bond acceptors (Lipinski definition) is 4. The molecule has 110 valence electrons. The van der Waals surface area contributed by atoms with Crippen LogP contribution in [0.15, 0.2) is 47.1 Å². The van der Waals surface area contributed by atoms with Gasteiger partial charge in [-0.1, -0.05) is 34.1 Å². The van der Waals surface area contributed by atoms with Gasteiger partial charge in [0.2, 0.25) is 0 Å². The Morgan fingerprint density at radius 1 is 1.05 bits per heavy atom. The summed E-state index contributed by atoms with van der Waals surface area (Å²) in [5.41, 5.74) is 8.10. The molecule has 1 aliphatic heterocycles. The molecule has 4 nitrogen and oxygen atoms in total. The fraction of sp³-hybridized carbons (Fsp3) is 0.312. The second-order valence-corrected chi connectivity index (χ2v) is 6.13. The van der Waals surface area contributed by atoms with E-state index in [-0.39, 0.29) is 0 Å². The highest BCUT2D eigenvalue weighted by atomic mass is 79.9. The monoisotopic (exact) mass is 346 g/mol. The summed E-state index contributed by atoms with van der Waals surface area (Å²) in [6.07, 6.45) is 1.80. The number of halogens is 1. The number of hydrogen-bond donors (Lipinski definition) is 1. The molecule has 3 rings (SSSR count). The van der Waals surface area contributed by atoms with Crippen LogP contribution < -0.4 is 10.6 Å². The summed E-state index contributed by atoms with van der Waals surface area (Å²) in [4.78, 5) is 9.14. The van der Waals surface area contributed by atoms with Gasteiger partial charge in [0.25, 0.3) is 0 Å². The van der Waals surface area contributed by atoms with Gasteiger partial charge in [-0.2, -0.15) is 0 Å². The van der Waals surface area contributed by atoms with Crippen molar-refractivity contribution in [1.82, 2.24) is 9.88 Å². The quantitative estimate of drug-likeness (QED) is 0.928. The Hall–Kier alpha value is -1.59. The molecule has 0 saturated carbocycles. The summed E-state index contributed by atoms with van der Waals surface area (Å²) in [6, 6.07) is 12.2. The summed E-state index contributed by atoms with van der Waals surface area (Å²) >= 11 is 3.62. The molecule has 21 heavy (non-hydrogen) atoms. The molecule has 2 N–H and O–H groups in total. The van der Waals surface area contributed by atoms with Crippen molar-refractivity contribution in [2.45, 2.75) is 6.54 Å². The minimum absolute atomic E-state index is 0.761. The fourth-order valence-corrected chi connectivity index (χ4v) is 3.07. The third-order valence-electron chi connectivity index (χ3n) is 3.84. The highest BCUT2D eigenvalue weighted by Crippen LogP contribution is 2.22. The van der Waals surface area contributed by atoms with Crippen LogP contribution in [0.1, 0.15) is 5.56 Å². The van der Waals surface area contributed by atoms with Crippen LogP contribution in [0.3, 0.4) is 0 Å². The predicted molar refractivity (Wildman–Crippen MR) is 90.3 cm³/mol. The molecule has 1 fully saturated rings. The van der Waals surface area contributed by atoms with E-state index in [1.54, 1.807) is 6.20 Å². The van der Waals surface area contributed by atoms with Crippen molar-refractivity contribution in [3.05, 3.63) is 52.6 Å². The largest absolute Gasteiger partial charge is 0.396 e.